The molecule has 0 aliphatic carbocycles. The Hall–Kier alpha value is -4.28. The van der Waals surface area contributed by atoms with Crippen molar-refractivity contribution in [1.29, 1.82) is 0 Å². The second-order valence-electron chi connectivity index (χ2n) is 7.64. The van der Waals surface area contributed by atoms with Gasteiger partial charge in [-0.15, -0.1) is 16.4 Å². The summed E-state index contributed by atoms with van der Waals surface area (Å²) in [6, 6.07) is 17.6. The second kappa shape index (κ2) is 10.1. The van der Waals surface area contributed by atoms with Crippen LogP contribution < -0.4 is 15.6 Å². The predicted molar refractivity (Wildman–Crippen MR) is 137 cm³/mol. The number of aromatic nitrogens is 5. The van der Waals surface area contributed by atoms with E-state index in [1.54, 1.807) is 65.3 Å². The zero-order valence-electron chi connectivity index (χ0n) is 19.0. The summed E-state index contributed by atoms with van der Waals surface area (Å²) in [6.45, 7) is 0.199. The first kappa shape index (κ1) is 23.5. The molecule has 36 heavy (non-hydrogen) atoms. The number of ether oxygens (including phenoxy) is 1. The molecule has 1 N–H and O–H groups in total. The predicted octanol–water partition coefficient (Wildman–Crippen LogP) is 4.13. The quantitative estimate of drug-likeness (QED) is 0.347. The van der Waals surface area contributed by atoms with Crippen LogP contribution in [0.5, 0.6) is 5.88 Å². The van der Waals surface area contributed by atoms with Crippen LogP contribution in [-0.2, 0) is 6.54 Å². The zero-order chi connectivity index (χ0) is 25.1. The van der Waals surface area contributed by atoms with Gasteiger partial charge in [0.05, 0.1) is 34.8 Å². The maximum absolute atomic E-state index is 12.4. The summed E-state index contributed by atoms with van der Waals surface area (Å²) >= 11 is 7.13. The normalized spacial score (nSPS) is 10.8. The third kappa shape index (κ3) is 4.90. The first-order valence-electron chi connectivity index (χ1n) is 10.8. The van der Waals surface area contributed by atoms with Crippen molar-refractivity contribution in [3.63, 3.8) is 0 Å². The molecule has 0 bridgehead atoms. The van der Waals surface area contributed by atoms with Crippen LogP contribution in [0.4, 0.5) is 0 Å². The lowest BCUT2D eigenvalue weighted by atomic mass is 10.0. The van der Waals surface area contributed by atoms with Gasteiger partial charge in [0.1, 0.15) is 5.69 Å². The fourth-order valence-electron chi connectivity index (χ4n) is 3.63. The SMILES string of the molecule is COc1cc(-c2cc(-n3ccccc3=O)ccc2-n2cc(CNC(=O)c3ccc(Cl)s3)nn2)ccn1. The third-order valence-electron chi connectivity index (χ3n) is 5.35. The number of amides is 1. The molecule has 180 valence electrons. The number of thiophene rings is 1. The Kier molecular flexibility index (Phi) is 6.61. The average molecular weight is 519 g/mol. The molecule has 0 saturated heterocycles. The van der Waals surface area contributed by atoms with E-state index in [0.717, 1.165) is 16.8 Å². The smallest absolute Gasteiger partial charge is 0.261 e. The number of nitrogens with one attached hydrogen (secondary N) is 1. The highest BCUT2D eigenvalue weighted by atomic mass is 35.5. The van der Waals surface area contributed by atoms with Crippen LogP contribution in [0.25, 0.3) is 22.5 Å². The topological polar surface area (TPSA) is 104 Å². The van der Waals surface area contributed by atoms with Crippen LogP contribution in [-0.4, -0.2) is 37.6 Å². The first-order valence-corrected chi connectivity index (χ1v) is 12.0. The van der Waals surface area contributed by atoms with Crippen molar-refractivity contribution in [1.82, 2.24) is 29.9 Å². The van der Waals surface area contributed by atoms with Gasteiger partial charge in [-0.25, -0.2) is 9.67 Å². The van der Waals surface area contributed by atoms with Crippen molar-refractivity contribution in [2.75, 3.05) is 7.11 Å². The van der Waals surface area contributed by atoms with E-state index in [1.165, 1.54) is 17.4 Å². The minimum atomic E-state index is -0.233. The number of carbonyl (C=O) groups excluding carboxylic acids is 1. The standard InChI is InChI=1S/C25H19ClN6O3S/c1-35-23-12-16(9-10-27-23)19-13-18(31-11-3-2-4-24(31)33)5-6-20(19)32-15-17(29-30-32)14-28-25(34)21-7-8-22(26)36-21/h2-13,15H,14H2,1H3,(H,28,34). The summed E-state index contributed by atoms with van der Waals surface area (Å²) in [4.78, 5) is 29.5. The number of pyridine rings is 2. The van der Waals surface area contributed by atoms with E-state index in [-0.39, 0.29) is 18.0 Å². The largest absolute Gasteiger partial charge is 0.481 e. The van der Waals surface area contributed by atoms with Gasteiger partial charge in [0.2, 0.25) is 5.88 Å². The Morgan fingerprint density at radius 3 is 2.81 bits per heavy atom. The fraction of sp³-hybridized carbons (Fsp3) is 0.0800. The zero-order valence-corrected chi connectivity index (χ0v) is 20.5. The molecule has 5 rings (SSSR count). The van der Waals surface area contributed by atoms with Crippen LogP contribution in [0, 0.1) is 0 Å². The molecule has 1 amide bonds. The molecule has 0 unspecified atom stereocenters. The molecule has 0 atom stereocenters. The van der Waals surface area contributed by atoms with Gasteiger partial charge in [-0.05, 0) is 48.0 Å². The molecule has 9 nitrogen and oxygen atoms in total. The second-order valence-corrected chi connectivity index (χ2v) is 9.35. The number of methoxy groups -OCH3 is 1. The number of benzene rings is 1. The Balaban J connectivity index is 1.49. The monoisotopic (exact) mass is 518 g/mol. The molecule has 5 aromatic rings. The van der Waals surface area contributed by atoms with Crippen LogP contribution >= 0.6 is 22.9 Å². The molecule has 11 heteroatoms. The van der Waals surface area contributed by atoms with E-state index in [2.05, 4.69) is 20.6 Å². The van der Waals surface area contributed by atoms with Gasteiger partial charge in [-0.3, -0.25) is 14.2 Å². The molecule has 0 spiro atoms. The maximum atomic E-state index is 12.4. The highest BCUT2D eigenvalue weighted by molar-refractivity contribution is 7.17. The van der Waals surface area contributed by atoms with Gasteiger partial charge in [0.25, 0.3) is 11.5 Å². The minimum Gasteiger partial charge on any atom is -0.481 e. The fourth-order valence-corrected chi connectivity index (χ4v) is 4.59. The summed E-state index contributed by atoms with van der Waals surface area (Å²) in [5.74, 6) is 0.222. The van der Waals surface area contributed by atoms with Crippen LogP contribution in [0.2, 0.25) is 4.34 Å². The maximum Gasteiger partial charge on any atom is 0.261 e. The highest BCUT2D eigenvalue weighted by Crippen LogP contribution is 2.30. The molecule has 4 aromatic heterocycles. The molecule has 0 aliphatic heterocycles. The number of rotatable bonds is 7. The average Bonchev–Trinajstić information content (AvgIpc) is 3.56. The molecule has 0 radical (unpaired) electrons. The molecule has 0 aliphatic rings. The Morgan fingerprint density at radius 2 is 2.03 bits per heavy atom. The van der Waals surface area contributed by atoms with Gasteiger partial charge in [-0.1, -0.05) is 22.9 Å². The van der Waals surface area contributed by atoms with Crippen molar-refractivity contribution in [2.45, 2.75) is 6.54 Å². The molecular weight excluding hydrogens is 500 g/mol. The van der Waals surface area contributed by atoms with Crippen LogP contribution in [0.15, 0.2) is 84.0 Å². The van der Waals surface area contributed by atoms with Crippen molar-refractivity contribution >= 4 is 28.8 Å². The van der Waals surface area contributed by atoms with Gasteiger partial charge in [0.15, 0.2) is 0 Å². The molecule has 1 aromatic carbocycles. The van der Waals surface area contributed by atoms with Gasteiger partial charge in [0, 0.05) is 35.8 Å². The third-order valence-corrected chi connectivity index (χ3v) is 6.58. The minimum absolute atomic E-state index is 0.144. The Labute approximate surface area is 214 Å². The number of hydrogen-bond acceptors (Lipinski definition) is 7. The summed E-state index contributed by atoms with van der Waals surface area (Å²) in [6.07, 6.45) is 5.11. The summed E-state index contributed by atoms with van der Waals surface area (Å²) in [7, 11) is 1.55. The van der Waals surface area contributed by atoms with Crippen LogP contribution in [0.3, 0.4) is 0 Å². The van der Waals surface area contributed by atoms with Crippen molar-refractivity contribution in [3.05, 3.63) is 105 Å². The number of halogens is 1. The number of carbonyl (C=O) groups is 1. The van der Waals surface area contributed by atoms with Gasteiger partial charge < -0.3 is 10.1 Å². The van der Waals surface area contributed by atoms with Gasteiger partial charge >= 0.3 is 0 Å². The summed E-state index contributed by atoms with van der Waals surface area (Å²) in [5, 5.41) is 11.3. The highest BCUT2D eigenvalue weighted by Gasteiger charge is 2.14. The van der Waals surface area contributed by atoms with E-state index in [0.29, 0.717) is 26.5 Å². The summed E-state index contributed by atoms with van der Waals surface area (Å²) in [5.41, 5.74) is 3.46. The lowest BCUT2D eigenvalue weighted by Crippen LogP contribution is -2.21. The number of hydrogen-bond donors (Lipinski definition) is 1. The number of nitrogens with zero attached hydrogens (tertiary/aromatic N) is 5. The van der Waals surface area contributed by atoms with E-state index < -0.39 is 0 Å². The Morgan fingerprint density at radius 1 is 1.14 bits per heavy atom. The van der Waals surface area contributed by atoms with E-state index in [4.69, 9.17) is 16.3 Å². The van der Waals surface area contributed by atoms with E-state index >= 15 is 0 Å². The van der Waals surface area contributed by atoms with Crippen molar-refractivity contribution < 1.29 is 9.53 Å². The molecular formula is C25H19ClN6O3S. The molecule has 4 heterocycles. The van der Waals surface area contributed by atoms with Gasteiger partial charge in [-0.2, -0.15) is 0 Å². The van der Waals surface area contributed by atoms with Crippen molar-refractivity contribution in [3.8, 4) is 28.4 Å². The lowest BCUT2D eigenvalue weighted by molar-refractivity contribution is 0.0954. The van der Waals surface area contributed by atoms with E-state index in [1.807, 2.05) is 24.3 Å². The molecule has 0 fully saturated rings. The lowest BCUT2D eigenvalue weighted by Gasteiger charge is -2.13. The summed E-state index contributed by atoms with van der Waals surface area (Å²) < 4.78 is 9.04. The first-order chi connectivity index (χ1) is 17.5. The van der Waals surface area contributed by atoms with Crippen molar-refractivity contribution in [2.24, 2.45) is 0 Å². The van der Waals surface area contributed by atoms with E-state index in [9.17, 15) is 9.59 Å². The molecule has 0 saturated carbocycles. The Bertz CT molecular complexity index is 1610. The van der Waals surface area contributed by atoms with Crippen LogP contribution in [0.1, 0.15) is 15.4 Å².